The molecule has 0 aromatic heterocycles. The van der Waals surface area contributed by atoms with E-state index in [4.69, 9.17) is 4.74 Å². The van der Waals surface area contributed by atoms with Gasteiger partial charge in [-0.3, -0.25) is 4.79 Å². The standard InChI is InChI=1S/C24H31N3O2S/c1-25(16-19-3-6-22(30-2)7-4-19)24(28)18-27-12-10-26(11-13-27)17-20-5-8-23-21(15-20)9-14-29-23/h3-8,15H,9-14,16-18H2,1-2H3/p+2. The molecule has 160 valence electrons. The van der Waals surface area contributed by atoms with E-state index in [1.165, 1.54) is 26.5 Å². The zero-order chi connectivity index (χ0) is 20.9. The Morgan fingerprint density at radius 3 is 2.47 bits per heavy atom. The van der Waals surface area contributed by atoms with Crippen LogP contribution < -0.4 is 14.5 Å². The summed E-state index contributed by atoms with van der Waals surface area (Å²) < 4.78 is 5.61. The monoisotopic (exact) mass is 427 g/mol. The number of piperazine rings is 1. The van der Waals surface area contributed by atoms with Gasteiger partial charge in [-0.15, -0.1) is 11.8 Å². The molecular formula is C24H33N3O2S+2. The van der Waals surface area contributed by atoms with Gasteiger partial charge in [-0.1, -0.05) is 12.1 Å². The maximum Gasteiger partial charge on any atom is 0.277 e. The molecule has 4 rings (SSSR count). The quantitative estimate of drug-likeness (QED) is 0.624. The number of hydrogen-bond acceptors (Lipinski definition) is 3. The normalized spacial score (nSPS) is 20.5. The molecule has 2 heterocycles. The number of benzene rings is 2. The van der Waals surface area contributed by atoms with Crippen LogP contribution in [0.2, 0.25) is 0 Å². The van der Waals surface area contributed by atoms with E-state index in [2.05, 4.69) is 48.7 Å². The number of amides is 1. The topological polar surface area (TPSA) is 38.4 Å². The number of carbonyl (C=O) groups excluding carboxylic acids is 1. The number of fused-ring (bicyclic) bond motifs is 1. The van der Waals surface area contributed by atoms with E-state index in [1.807, 2.05) is 11.9 Å². The fourth-order valence-corrected chi connectivity index (χ4v) is 4.80. The summed E-state index contributed by atoms with van der Waals surface area (Å²) in [4.78, 5) is 18.9. The Labute approximate surface area is 184 Å². The molecule has 2 aromatic carbocycles. The zero-order valence-electron chi connectivity index (χ0n) is 18.1. The number of likely N-dealkylation sites (N-methyl/N-ethyl adjacent to an activating group) is 1. The van der Waals surface area contributed by atoms with Crippen LogP contribution in [-0.4, -0.2) is 63.4 Å². The van der Waals surface area contributed by atoms with Crippen LogP contribution in [-0.2, 0) is 24.3 Å². The number of rotatable bonds is 7. The van der Waals surface area contributed by atoms with Crippen molar-refractivity contribution in [2.24, 2.45) is 0 Å². The summed E-state index contributed by atoms with van der Waals surface area (Å²) in [6.45, 7) is 7.53. The number of carbonyl (C=O) groups is 1. The molecule has 0 spiro atoms. The van der Waals surface area contributed by atoms with Gasteiger partial charge in [0.2, 0.25) is 0 Å². The van der Waals surface area contributed by atoms with E-state index in [0.29, 0.717) is 13.1 Å². The smallest absolute Gasteiger partial charge is 0.277 e. The van der Waals surface area contributed by atoms with Crippen molar-refractivity contribution >= 4 is 17.7 Å². The second-order valence-corrected chi connectivity index (χ2v) is 9.37. The van der Waals surface area contributed by atoms with Crippen LogP contribution >= 0.6 is 11.8 Å². The predicted molar refractivity (Wildman–Crippen MR) is 120 cm³/mol. The highest BCUT2D eigenvalue weighted by Gasteiger charge is 2.26. The lowest BCUT2D eigenvalue weighted by atomic mass is 10.1. The molecule has 2 aliphatic rings. The first-order valence-electron chi connectivity index (χ1n) is 10.9. The Hall–Kier alpha value is -2.02. The van der Waals surface area contributed by atoms with Crippen molar-refractivity contribution in [3.8, 4) is 5.75 Å². The number of thioether (sulfide) groups is 1. The average Bonchev–Trinajstić information content (AvgIpc) is 3.23. The molecule has 0 atom stereocenters. The first-order valence-corrected chi connectivity index (χ1v) is 12.1. The third-order valence-electron chi connectivity index (χ3n) is 6.28. The van der Waals surface area contributed by atoms with Gasteiger partial charge in [0, 0.05) is 30.5 Å². The lowest BCUT2D eigenvalue weighted by Crippen LogP contribution is -3.28. The highest BCUT2D eigenvalue weighted by atomic mass is 32.2. The highest BCUT2D eigenvalue weighted by Crippen LogP contribution is 2.25. The van der Waals surface area contributed by atoms with Gasteiger partial charge in [0.05, 0.1) is 6.61 Å². The number of nitrogens with zero attached hydrogens (tertiary/aromatic N) is 1. The fraction of sp³-hybridized carbons (Fsp3) is 0.458. The van der Waals surface area contributed by atoms with Crippen LogP contribution in [0.4, 0.5) is 0 Å². The van der Waals surface area contributed by atoms with Gasteiger partial charge >= 0.3 is 0 Å². The molecule has 0 saturated carbocycles. The first-order chi connectivity index (χ1) is 14.6. The van der Waals surface area contributed by atoms with Crippen molar-refractivity contribution in [2.45, 2.75) is 24.4 Å². The van der Waals surface area contributed by atoms with Crippen molar-refractivity contribution in [2.75, 3.05) is 52.6 Å². The Balaban J connectivity index is 1.21. The van der Waals surface area contributed by atoms with Gasteiger partial charge in [-0.05, 0) is 47.7 Å². The second-order valence-electron chi connectivity index (χ2n) is 8.49. The summed E-state index contributed by atoms with van der Waals surface area (Å²) in [7, 11) is 1.92. The summed E-state index contributed by atoms with van der Waals surface area (Å²) in [6, 6.07) is 15.1. The molecule has 30 heavy (non-hydrogen) atoms. The summed E-state index contributed by atoms with van der Waals surface area (Å²) in [6.07, 6.45) is 3.11. The Morgan fingerprint density at radius 1 is 1.03 bits per heavy atom. The van der Waals surface area contributed by atoms with Crippen LogP contribution in [0.1, 0.15) is 16.7 Å². The van der Waals surface area contributed by atoms with Crippen LogP contribution in [0.15, 0.2) is 47.4 Å². The van der Waals surface area contributed by atoms with Gasteiger partial charge < -0.3 is 19.4 Å². The SMILES string of the molecule is CSc1ccc(CN(C)C(=O)C[NH+]2CC[NH+](Cc3ccc4c(c3)CCO4)CC2)cc1. The van der Waals surface area contributed by atoms with Gasteiger partial charge in [0.15, 0.2) is 6.54 Å². The lowest BCUT2D eigenvalue weighted by molar-refractivity contribution is -1.02. The highest BCUT2D eigenvalue weighted by molar-refractivity contribution is 7.98. The molecule has 2 aromatic rings. The van der Waals surface area contributed by atoms with Crippen molar-refractivity contribution < 1.29 is 19.3 Å². The minimum absolute atomic E-state index is 0.237. The van der Waals surface area contributed by atoms with Crippen LogP contribution in [0.25, 0.3) is 0 Å². The maximum atomic E-state index is 12.7. The molecule has 6 heteroatoms. The average molecular weight is 428 g/mol. The Kier molecular flexibility index (Phi) is 6.97. The largest absolute Gasteiger partial charge is 0.493 e. The minimum Gasteiger partial charge on any atom is -0.493 e. The molecule has 5 nitrogen and oxygen atoms in total. The molecular weight excluding hydrogens is 394 g/mol. The molecule has 2 aliphatic heterocycles. The molecule has 0 bridgehead atoms. The third kappa shape index (κ3) is 5.36. The minimum atomic E-state index is 0.237. The zero-order valence-corrected chi connectivity index (χ0v) is 18.9. The molecule has 1 saturated heterocycles. The second kappa shape index (κ2) is 9.86. The molecule has 1 amide bonds. The van der Waals surface area contributed by atoms with Crippen LogP contribution in [0.5, 0.6) is 5.75 Å². The van der Waals surface area contributed by atoms with E-state index in [-0.39, 0.29) is 5.91 Å². The lowest BCUT2D eigenvalue weighted by Gasteiger charge is -2.30. The van der Waals surface area contributed by atoms with Gasteiger partial charge in [0.1, 0.15) is 38.5 Å². The first kappa shape index (κ1) is 21.2. The number of hydrogen-bond donors (Lipinski definition) is 2. The summed E-state index contributed by atoms with van der Waals surface area (Å²) in [5, 5.41) is 0. The van der Waals surface area contributed by atoms with Crippen molar-refractivity contribution in [1.82, 2.24) is 4.90 Å². The Morgan fingerprint density at radius 2 is 1.73 bits per heavy atom. The summed E-state index contributed by atoms with van der Waals surface area (Å²) in [5.74, 6) is 1.30. The molecule has 2 N–H and O–H groups in total. The fourth-order valence-electron chi connectivity index (χ4n) is 4.39. The maximum absolute atomic E-state index is 12.7. The van der Waals surface area contributed by atoms with E-state index < -0.39 is 0 Å². The van der Waals surface area contributed by atoms with Crippen LogP contribution in [0.3, 0.4) is 0 Å². The predicted octanol–water partition coefficient (Wildman–Crippen LogP) is 0.285. The molecule has 0 unspecified atom stereocenters. The third-order valence-corrected chi connectivity index (χ3v) is 7.02. The summed E-state index contributed by atoms with van der Waals surface area (Å²) >= 11 is 1.74. The number of quaternary nitrogens is 2. The van der Waals surface area contributed by atoms with E-state index in [1.54, 1.807) is 16.7 Å². The molecule has 0 radical (unpaired) electrons. The Bertz CT molecular complexity index is 863. The van der Waals surface area contributed by atoms with E-state index in [9.17, 15) is 4.79 Å². The van der Waals surface area contributed by atoms with Gasteiger partial charge in [0.25, 0.3) is 5.91 Å². The van der Waals surface area contributed by atoms with Crippen LogP contribution in [0, 0.1) is 0 Å². The van der Waals surface area contributed by atoms with E-state index >= 15 is 0 Å². The van der Waals surface area contributed by atoms with Crippen molar-refractivity contribution in [3.63, 3.8) is 0 Å². The molecule has 0 aliphatic carbocycles. The number of nitrogens with one attached hydrogen (secondary N) is 2. The molecule has 1 fully saturated rings. The number of ether oxygens (including phenoxy) is 1. The summed E-state index contributed by atoms with van der Waals surface area (Å²) in [5.41, 5.74) is 3.95. The van der Waals surface area contributed by atoms with E-state index in [0.717, 1.165) is 51.5 Å². The van der Waals surface area contributed by atoms with Gasteiger partial charge in [-0.25, -0.2) is 0 Å². The van der Waals surface area contributed by atoms with Gasteiger partial charge in [-0.2, -0.15) is 0 Å². The van der Waals surface area contributed by atoms with Crippen molar-refractivity contribution in [1.29, 1.82) is 0 Å². The van der Waals surface area contributed by atoms with Crippen molar-refractivity contribution in [3.05, 3.63) is 59.2 Å².